The van der Waals surface area contributed by atoms with Gasteiger partial charge in [0.05, 0.1) is 7.11 Å². The van der Waals surface area contributed by atoms with Crippen molar-refractivity contribution in [3.63, 3.8) is 0 Å². The van der Waals surface area contributed by atoms with Gasteiger partial charge in [-0.1, -0.05) is 6.07 Å². The Balaban J connectivity index is 2.13. The first-order valence-electron chi connectivity index (χ1n) is 5.51. The van der Waals surface area contributed by atoms with Crippen LogP contribution in [0.2, 0.25) is 0 Å². The summed E-state index contributed by atoms with van der Waals surface area (Å²) in [6.07, 6.45) is 0. The molecule has 2 N–H and O–H groups in total. The normalized spacial score (nSPS) is 9.76. The highest BCUT2D eigenvalue weighted by Gasteiger charge is 1.97. The molecule has 0 aromatic heterocycles. The summed E-state index contributed by atoms with van der Waals surface area (Å²) in [6.45, 7) is 0. The molecule has 0 bridgehead atoms. The van der Waals surface area contributed by atoms with Gasteiger partial charge in [-0.15, -0.1) is 0 Å². The number of hydrogen-bond acceptors (Lipinski definition) is 3. The Labute approximate surface area is 101 Å². The maximum atomic E-state index is 5.18. The van der Waals surface area contributed by atoms with Crippen LogP contribution in [0.3, 0.4) is 0 Å². The molecule has 0 heterocycles. The van der Waals surface area contributed by atoms with Crippen molar-refractivity contribution >= 4 is 17.1 Å². The Morgan fingerprint density at radius 3 is 2.24 bits per heavy atom. The van der Waals surface area contributed by atoms with E-state index in [0.717, 1.165) is 22.8 Å². The molecule has 0 fully saturated rings. The predicted molar refractivity (Wildman–Crippen MR) is 72.3 cm³/mol. The van der Waals surface area contributed by atoms with Gasteiger partial charge >= 0.3 is 0 Å². The molecule has 0 unspecified atom stereocenters. The topological polar surface area (TPSA) is 33.3 Å². The molecule has 0 spiro atoms. The molecule has 0 aliphatic carbocycles. The largest absolute Gasteiger partial charge is 0.497 e. The summed E-state index contributed by atoms with van der Waals surface area (Å²) in [5.41, 5.74) is 3.17. The number of hydrogen-bond donors (Lipinski definition) is 2. The third-order valence-electron chi connectivity index (χ3n) is 2.53. The maximum Gasteiger partial charge on any atom is 0.120 e. The van der Waals surface area contributed by atoms with Gasteiger partial charge < -0.3 is 15.4 Å². The fraction of sp³-hybridized carbons (Fsp3) is 0.143. The molecular weight excluding hydrogens is 212 g/mol. The van der Waals surface area contributed by atoms with Gasteiger partial charge in [0, 0.05) is 30.2 Å². The predicted octanol–water partition coefficient (Wildman–Crippen LogP) is 3.48. The van der Waals surface area contributed by atoms with Crippen molar-refractivity contribution in [1.82, 2.24) is 0 Å². The average Bonchev–Trinajstić information content (AvgIpc) is 2.40. The molecule has 0 amide bonds. The number of benzene rings is 2. The van der Waals surface area contributed by atoms with E-state index in [2.05, 4.69) is 10.6 Å². The Morgan fingerprint density at radius 2 is 1.59 bits per heavy atom. The van der Waals surface area contributed by atoms with Crippen LogP contribution in [0.25, 0.3) is 0 Å². The number of methoxy groups -OCH3 is 1. The van der Waals surface area contributed by atoms with E-state index in [1.165, 1.54) is 0 Å². The van der Waals surface area contributed by atoms with E-state index in [0.29, 0.717) is 0 Å². The lowest BCUT2D eigenvalue weighted by molar-refractivity contribution is 0.415. The summed E-state index contributed by atoms with van der Waals surface area (Å²) in [5.74, 6) is 0.849. The number of anilines is 3. The van der Waals surface area contributed by atoms with Crippen LogP contribution in [0.4, 0.5) is 17.1 Å². The van der Waals surface area contributed by atoms with Crippen molar-refractivity contribution in [3.05, 3.63) is 48.5 Å². The second-order valence-electron chi connectivity index (χ2n) is 3.68. The Kier molecular flexibility index (Phi) is 3.50. The second-order valence-corrected chi connectivity index (χ2v) is 3.68. The third kappa shape index (κ3) is 2.91. The fourth-order valence-electron chi connectivity index (χ4n) is 1.59. The first-order chi connectivity index (χ1) is 8.31. The van der Waals surface area contributed by atoms with Gasteiger partial charge in [-0.05, 0) is 36.4 Å². The Bertz CT molecular complexity index is 480. The van der Waals surface area contributed by atoms with Crippen LogP contribution in [0, 0.1) is 0 Å². The molecule has 2 aromatic rings. The molecule has 3 nitrogen and oxygen atoms in total. The summed E-state index contributed by atoms with van der Waals surface area (Å²) in [5, 5.41) is 6.41. The first kappa shape index (κ1) is 11.3. The monoisotopic (exact) mass is 228 g/mol. The number of ether oxygens (including phenoxy) is 1. The van der Waals surface area contributed by atoms with E-state index in [1.807, 2.05) is 55.6 Å². The zero-order valence-electron chi connectivity index (χ0n) is 10.0. The van der Waals surface area contributed by atoms with Crippen molar-refractivity contribution in [3.8, 4) is 5.75 Å². The van der Waals surface area contributed by atoms with Crippen molar-refractivity contribution in [1.29, 1.82) is 0 Å². The minimum Gasteiger partial charge on any atom is -0.497 e. The van der Waals surface area contributed by atoms with Gasteiger partial charge in [0.1, 0.15) is 5.75 Å². The molecular formula is C14H16N2O. The van der Waals surface area contributed by atoms with Crippen LogP contribution in [-0.2, 0) is 0 Å². The minimum atomic E-state index is 0.849. The first-order valence-corrected chi connectivity index (χ1v) is 5.51. The van der Waals surface area contributed by atoms with Gasteiger partial charge in [0.15, 0.2) is 0 Å². The van der Waals surface area contributed by atoms with Gasteiger partial charge in [0.2, 0.25) is 0 Å². The van der Waals surface area contributed by atoms with Gasteiger partial charge in [0.25, 0.3) is 0 Å². The lowest BCUT2D eigenvalue weighted by Gasteiger charge is -2.08. The van der Waals surface area contributed by atoms with Crippen molar-refractivity contribution in [2.24, 2.45) is 0 Å². The Morgan fingerprint density at radius 1 is 0.882 bits per heavy atom. The van der Waals surface area contributed by atoms with E-state index in [9.17, 15) is 0 Å². The minimum absolute atomic E-state index is 0.849. The highest BCUT2D eigenvalue weighted by atomic mass is 16.5. The van der Waals surface area contributed by atoms with Gasteiger partial charge in [-0.3, -0.25) is 0 Å². The lowest BCUT2D eigenvalue weighted by Crippen LogP contribution is -1.92. The van der Waals surface area contributed by atoms with E-state index in [1.54, 1.807) is 7.11 Å². The quantitative estimate of drug-likeness (QED) is 0.840. The van der Waals surface area contributed by atoms with E-state index >= 15 is 0 Å². The van der Waals surface area contributed by atoms with E-state index in [4.69, 9.17) is 4.74 Å². The van der Waals surface area contributed by atoms with Crippen LogP contribution in [0.1, 0.15) is 0 Å². The summed E-state index contributed by atoms with van der Waals surface area (Å²) in [6, 6.07) is 16.0. The molecule has 17 heavy (non-hydrogen) atoms. The average molecular weight is 228 g/mol. The van der Waals surface area contributed by atoms with Crippen LogP contribution >= 0.6 is 0 Å². The van der Waals surface area contributed by atoms with Crippen molar-refractivity contribution in [2.75, 3.05) is 24.8 Å². The molecule has 2 rings (SSSR count). The third-order valence-corrected chi connectivity index (χ3v) is 2.53. The molecule has 0 radical (unpaired) electrons. The summed E-state index contributed by atoms with van der Waals surface area (Å²) in [7, 11) is 3.57. The summed E-state index contributed by atoms with van der Waals surface area (Å²) >= 11 is 0. The zero-order chi connectivity index (χ0) is 12.1. The molecule has 0 atom stereocenters. The van der Waals surface area contributed by atoms with E-state index < -0.39 is 0 Å². The fourth-order valence-corrected chi connectivity index (χ4v) is 1.59. The van der Waals surface area contributed by atoms with Crippen LogP contribution in [-0.4, -0.2) is 14.2 Å². The molecule has 0 saturated heterocycles. The number of rotatable bonds is 4. The summed E-state index contributed by atoms with van der Waals surface area (Å²) in [4.78, 5) is 0. The Hall–Kier alpha value is -2.16. The van der Waals surface area contributed by atoms with Crippen LogP contribution < -0.4 is 15.4 Å². The standard InChI is InChI=1S/C14H16N2O/c1-15-11-6-8-12(9-7-11)16-13-4-3-5-14(10-13)17-2/h3-10,15-16H,1-2H3. The van der Waals surface area contributed by atoms with Crippen molar-refractivity contribution in [2.45, 2.75) is 0 Å². The molecule has 0 aliphatic heterocycles. The van der Waals surface area contributed by atoms with Crippen LogP contribution in [0.15, 0.2) is 48.5 Å². The van der Waals surface area contributed by atoms with Gasteiger partial charge in [-0.25, -0.2) is 0 Å². The second kappa shape index (κ2) is 5.25. The van der Waals surface area contributed by atoms with Crippen LogP contribution in [0.5, 0.6) is 5.75 Å². The molecule has 3 heteroatoms. The number of nitrogens with one attached hydrogen (secondary N) is 2. The highest BCUT2D eigenvalue weighted by Crippen LogP contribution is 2.22. The maximum absolute atomic E-state index is 5.18. The summed E-state index contributed by atoms with van der Waals surface area (Å²) < 4.78 is 5.18. The molecule has 0 aliphatic rings. The smallest absolute Gasteiger partial charge is 0.120 e. The SMILES string of the molecule is CNc1ccc(Nc2cccc(OC)c2)cc1. The van der Waals surface area contributed by atoms with Crippen molar-refractivity contribution < 1.29 is 4.74 Å². The van der Waals surface area contributed by atoms with E-state index in [-0.39, 0.29) is 0 Å². The highest BCUT2D eigenvalue weighted by molar-refractivity contribution is 5.63. The zero-order valence-corrected chi connectivity index (χ0v) is 10.0. The molecule has 2 aromatic carbocycles. The molecule has 0 saturated carbocycles. The van der Waals surface area contributed by atoms with Gasteiger partial charge in [-0.2, -0.15) is 0 Å². The molecule has 88 valence electrons. The lowest BCUT2D eigenvalue weighted by atomic mass is 10.2.